The molecule has 0 bridgehead atoms. The Bertz CT molecular complexity index is 999. The third kappa shape index (κ3) is 6.67. The third-order valence-corrected chi connectivity index (χ3v) is 7.70. The van der Waals surface area contributed by atoms with Gasteiger partial charge in [-0.15, -0.1) is 0 Å². The van der Waals surface area contributed by atoms with Gasteiger partial charge in [0.25, 0.3) is 5.91 Å². The van der Waals surface area contributed by atoms with Crippen LogP contribution in [0.1, 0.15) is 76.2 Å². The van der Waals surface area contributed by atoms with Crippen LogP contribution in [0, 0.1) is 12.3 Å². The maximum atomic E-state index is 13.2. The number of amides is 1. The van der Waals surface area contributed by atoms with E-state index < -0.39 is 11.0 Å². The predicted molar refractivity (Wildman–Crippen MR) is 139 cm³/mol. The highest BCUT2D eigenvalue weighted by Gasteiger charge is 2.44. The van der Waals surface area contributed by atoms with Crippen molar-refractivity contribution in [2.45, 2.75) is 77.7 Å². The SMILES string of the molecule is CC.Cc1ccc(C(=O)Nc2cccc(S(=O)NC(C)(C)C)c2)c(N2CCC3(CC2)CC3)c1. The molecule has 4 rings (SSSR count). The molecule has 1 saturated carbocycles. The molecule has 6 heteroatoms. The van der Waals surface area contributed by atoms with Gasteiger partial charge in [0.05, 0.1) is 10.5 Å². The van der Waals surface area contributed by atoms with Gasteiger partial charge in [0.2, 0.25) is 0 Å². The van der Waals surface area contributed by atoms with Crippen LogP contribution in [0.5, 0.6) is 0 Å². The molecule has 2 aliphatic rings. The lowest BCUT2D eigenvalue weighted by Crippen LogP contribution is -2.37. The zero-order valence-corrected chi connectivity index (χ0v) is 21.8. The first-order valence-electron chi connectivity index (χ1n) is 12.1. The van der Waals surface area contributed by atoms with Crippen LogP contribution in [-0.2, 0) is 11.0 Å². The van der Waals surface area contributed by atoms with Gasteiger partial charge in [0.15, 0.2) is 0 Å². The van der Waals surface area contributed by atoms with Crippen LogP contribution in [0.2, 0.25) is 0 Å². The van der Waals surface area contributed by atoms with Gasteiger partial charge in [-0.1, -0.05) is 26.0 Å². The largest absolute Gasteiger partial charge is 0.371 e. The fraction of sp³-hybridized carbons (Fsp3) is 0.519. The van der Waals surface area contributed by atoms with Crippen LogP contribution < -0.4 is 14.9 Å². The van der Waals surface area contributed by atoms with E-state index in [-0.39, 0.29) is 11.4 Å². The Morgan fingerprint density at radius 1 is 1.00 bits per heavy atom. The standard InChI is InChI=1S/C25H33N3O2S.C2H6/c1-18-8-9-21(22(16-18)28-14-12-25(10-11-25)13-15-28)23(29)26-19-6-5-7-20(17-19)31(30)27-24(2,3)4;1-2/h5-9,16-17,27H,10-15H2,1-4H3,(H,26,29);1-2H3. The number of carbonyl (C=O) groups is 1. The quantitative estimate of drug-likeness (QED) is 0.559. The zero-order valence-electron chi connectivity index (χ0n) is 21.0. The first-order valence-corrected chi connectivity index (χ1v) is 13.3. The van der Waals surface area contributed by atoms with Crippen molar-refractivity contribution in [1.29, 1.82) is 0 Å². The second kappa shape index (κ2) is 10.4. The molecule has 5 nitrogen and oxygen atoms in total. The van der Waals surface area contributed by atoms with Gasteiger partial charge in [-0.2, -0.15) is 0 Å². The van der Waals surface area contributed by atoms with Crippen molar-refractivity contribution in [3.8, 4) is 0 Å². The van der Waals surface area contributed by atoms with Gasteiger partial charge < -0.3 is 10.2 Å². The highest BCUT2D eigenvalue weighted by atomic mass is 32.2. The number of rotatable bonds is 5. The topological polar surface area (TPSA) is 61.4 Å². The summed E-state index contributed by atoms with van der Waals surface area (Å²) in [6.07, 6.45) is 5.17. The number of hydrogen-bond donors (Lipinski definition) is 2. The van der Waals surface area contributed by atoms with Gasteiger partial charge >= 0.3 is 0 Å². The summed E-state index contributed by atoms with van der Waals surface area (Å²) in [4.78, 5) is 16.2. The minimum Gasteiger partial charge on any atom is -0.371 e. The van der Waals surface area contributed by atoms with Crippen molar-refractivity contribution in [3.63, 3.8) is 0 Å². The average Bonchev–Trinajstić information content (AvgIpc) is 3.53. The summed E-state index contributed by atoms with van der Waals surface area (Å²) >= 11 is 0. The zero-order chi connectivity index (χ0) is 24.2. The van der Waals surface area contributed by atoms with E-state index in [2.05, 4.69) is 27.9 Å². The van der Waals surface area contributed by atoms with Gasteiger partial charge in [-0.05, 0) is 94.7 Å². The first kappa shape index (κ1) is 25.4. The Balaban J connectivity index is 0.00000149. The molecule has 1 heterocycles. The lowest BCUT2D eigenvalue weighted by atomic mass is 9.92. The normalized spacial score (nSPS) is 17.7. The maximum absolute atomic E-state index is 13.2. The molecule has 2 aromatic carbocycles. The molecular weight excluding hydrogens is 430 g/mol. The van der Waals surface area contributed by atoms with Gasteiger partial charge in [0.1, 0.15) is 11.0 Å². The second-order valence-corrected chi connectivity index (χ2v) is 11.3. The number of piperidine rings is 1. The van der Waals surface area contributed by atoms with Crippen molar-refractivity contribution in [2.24, 2.45) is 5.41 Å². The van der Waals surface area contributed by atoms with E-state index in [9.17, 15) is 9.00 Å². The lowest BCUT2D eigenvalue weighted by Gasteiger charge is -2.35. The summed E-state index contributed by atoms with van der Waals surface area (Å²) in [5.41, 5.74) is 3.84. The molecule has 0 aromatic heterocycles. The van der Waals surface area contributed by atoms with Crippen LogP contribution in [0.4, 0.5) is 11.4 Å². The number of aryl methyl sites for hydroxylation is 1. The number of hydrogen-bond acceptors (Lipinski definition) is 3. The van der Waals surface area contributed by atoms with E-state index in [0.717, 1.165) is 24.3 Å². The van der Waals surface area contributed by atoms with Crippen LogP contribution in [0.25, 0.3) is 0 Å². The van der Waals surface area contributed by atoms with Crippen LogP contribution in [-0.4, -0.2) is 28.7 Å². The molecule has 1 aliphatic carbocycles. The van der Waals surface area contributed by atoms with E-state index in [1.54, 1.807) is 6.07 Å². The molecule has 2 aromatic rings. The third-order valence-electron chi connectivity index (χ3n) is 6.22. The van der Waals surface area contributed by atoms with Gasteiger partial charge in [-0.3, -0.25) is 4.79 Å². The fourth-order valence-electron chi connectivity index (χ4n) is 4.22. The van der Waals surface area contributed by atoms with Crippen LogP contribution in [0.3, 0.4) is 0 Å². The number of benzene rings is 2. The molecule has 1 aliphatic heterocycles. The Morgan fingerprint density at radius 3 is 2.27 bits per heavy atom. The summed E-state index contributed by atoms with van der Waals surface area (Å²) < 4.78 is 15.7. The fourth-order valence-corrected chi connectivity index (χ4v) is 5.33. The predicted octanol–water partition coefficient (Wildman–Crippen LogP) is 6.06. The van der Waals surface area contributed by atoms with Gasteiger partial charge in [0, 0.05) is 30.0 Å². The minimum absolute atomic E-state index is 0.131. The monoisotopic (exact) mass is 469 g/mol. The van der Waals surface area contributed by atoms with E-state index in [4.69, 9.17) is 0 Å². The second-order valence-electron chi connectivity index (χ2n) is 10.1. The Morgan fingerprint density at radius 2 is 1.67 bits per heavy atom. The Hall–Kier alpha value is -2.18. The van der Waals surface area contributed by atoms with Gasteiger partial charge in [-0.25, -0.2) is 8.93 Å². The molecule has 1 atom stereocenters. The van der Waals surface area contributed by atoms with E-state index >= 15 is 0 Å². The van der Waals surface area contributed by atoms with Crippen molar-refractivity contribution < 1.29 is 9.00 Å². The van der Waals surface area contributed by atoms with Crippen molar-refractivity contribution in [2.75, 3.05) is 23.3 Å². The number of anilines is 2. The molecule has 1 amide bonds. The van der Waals surface area contributed by atoms with E-state index in [1.807, 2.05) is 65.0 Å². The molecular formula is C27H39N3O2S. The summed E-state index contributed by atoms with van der Waals surface area (Å²) in [7, 11) is -1.34. The maximum Gasteiger partial charge on any atom is 0.257 e. The summed E-state index contributed by atoms with van der Waals surface area (Å²) in [6.45, 7) is 14.0. The molecule has 1 unspecified atom stereocenters. The van der Waals surface area contributed by atoms with Crippen molar-refractivity contribution in [3.05, 3.63) is 53.6 Å². The molecule has 33 heavy (non-hydrogen) atoms. The minimum atomic E-state index is -1.34. The highest BCUT2D eigenvalue weighted by molar-refractivity contribution is 7.83. The molecule has 1 spiro atoms. The summed E-state index contributed by atoms with van der Waals surface area (Å²) in [5, 5.41) is 3.02. The smallest absolute Gasteiger partial charge is 0.257 e. The molecule has 2 N–H and O–H groups in total. The van der Waals surface area contributed by atoms with E-state index in [1.165, 1.54) is 25.7 Å². The highest BCUT2D eigenvalue weighted by Crippen LogP contribution is 2.54. The molecule has 180 valence electrons. The van der Waals surface area contributed by atoms with Crippen LogP contribution >= 0.6 is 0 Å². The molecule has 2 fully saturated rings. The Kier molecular flexibility index (Phi) is 8.01. The number of carbonyl (C=O) groups excluding carboxylic acids is 1. The lowest BCUT2D eigenvalue weighted by molar-refractivity contribution is 0.102. The summed E-state index contributed by atoms with van der Waals surface area (Å²) in [5.74, 6) is -0.131. The molecule has 0 radical (unpaired) electrons. The van der Waals surface area contributed by atoms with Crippen LogP contribution in [0.15, 0.2) is 47.4 Å². The number of nitrogens with zero attached hydrogens (tertiary/aromatic N) is 1. The molecule has 1 saturated heterocycles. The van der Waals surface area contributed by atoms with Crippen molar-refractivity contribution >= 4 is 28.3 Å². The van der Waals surface area contributed by atoms with Crippen molar-refractivity contribution in [1.82, 2.24) is 4.72 Å². The number of nitrogens with one attached hydrogen (secondary N) is 2. The first-order chi connectivity index (χ1) is 15.6. The average molecular weight is 470 g/mol. The summed E-state index contributed by atoms with van der Waals surface area (Å²) in [6, 6.07) is 13.3. The Labute approximate surface area is 201 Å². The van der Waals surface area contributed by atoms with E-state index in [0.29, 0.717) is 21.6 Å².